The van der Waals surface area contributed by atoms with Crippen molar-refractivity contribution in [2.45, 2.75) is 13.1 Å². The van der Waals surface area contributed by atoms with Crippen LogP contribution < -0.4 is 28.4 Å². The maximum absolute atomic E-state index is 5.54. The molecule has 0 bridgehead atoms. The first-order valence-electron chi connectivity index (χ1n) is 14.5. The largest absolute Gasteiger partial charge is 0.493 e. The van der Waals surface area contributed by atoms with Crippen LogP contribution in [0.1, 0.15) is 11.4 Å². The SMILES string of the molecule is COc1cc(-c2cccc(CN3CCN(Cc4cccc(-c5cc(OC)c(OC)c(OC)c5)n4)CC3)n2)cc(OC)c1OC. The summed E-state index contributed by atoms with van der Waals surface area (Å²) in [6.45, 7) is 5.35. The number of benzene rings is 2. The molecular weight excluding hydrogens is 560 g/mol. The molecule has 0 saturated carbocycles. The molecule has 0 radical (unpaired) electrons. The van der Waals surface area contributed by atoms with E-state index in [0.29, 0.717) is 34.5 Å². The lowest BCUT2D eigenvalue weighted by Gasteiger charge is -2.34. The maximum Gasteiger partial charge on any atom is 0.203 e. The molecule has 0 amide bonds. The van der Waals surface area contributed by atoms with Gasteiger partial charge in [0.2, 0.25) is 11.5 Å². The molecule has 0 aliphatic carbocycles. The minimum atomic E-state index is 0.566. The van der Waals surface area contributed by atoms with Gasteiger partial charge in [-0.2, -0.15) is 0 Å². The van der Waals surface area contributed by atoms with E-state index in [9.17, 15) is 0 Å². The van der Waals surface area contributed by atoms with E-state index in [1.54, 1.807) is 42.7 Å². The maximum atomic E-state index is 5.54. The Hall–Kier alpha value is -4.54. The minimum absolute atomic E-state index is 0.566. The molecular formula is C34H40N4O6. The molecule has 0 N–H and O–H groups in total. The summed E-state index contributed by atoms with van der Waals surface area (Å²) in [5, 5.41) is 0. The molecule has 1 aliphatic heterocycles. The molecule has 0 spiro atoms. The van der Waals surface area contributed by atoms with Crippen molar-refractivity contribution >= 4 is 0 Å². The Morgan fingerprint density at radius 1 is 0.500 bits per heavy atom. The first-order valence-corrected chi connectivity index (χ1v) is 14.5. The topological polar surface area (TPSA) is 87.6 Å². The zero-order chi connectivity index (χ0) is 31.1. The van der Waals surface area contributed by atoms with Crippen LogP contribution in [0.3, 0.4) is 0 Å². The van der Waals surface area contributed by atoms with Crippen LogP contribution in [0.2, 0.25) is 0 Å². The summed E-state index contributed by atoms with van der Waals surface area (Å²) in [4.78, 5) is 14.8. The molecule has 5 rings (SSSR count). The molecule has 0 atom stereocenters. The molecule has 1 fully saturated rings. The van der Waals surface area contributed by atoms with Crippen molar-refractivity contribution in [3.05, 3.63) is 72.1 Å². The fraction of sp³-hybridized carbons (Fsp3) is 0.353. The van der Waals surface area contributed by atoms with Crippen LogP contribution in [0.5, 0.6) is 34.5 Å². The highest BCUT2D eigenvalue weighted by atomic mass is 16.5. The second-order valence-corrected chi connectivity index (χ2v) is 10.4. The van der Waals surface area contributed by atoms with Crippen LogP contribution in [0.15, 0.2) is 60.7 Å². The summed E-state index contributed by atoms with van der Waals surface area (Å²) in [6.07, 6.45) is 0. The monoisotopic (exact) mass is 600 g/mol. The van der Waals surface area contributed by atoms with E-state index < -0.39 is 0 Å². The second-order valence-electron chi connectivity index (χ2n) is 10.4. The third kappa shape index (κ3) is 6.82. The Bertz CT molecular complexity index is 1400. The van der Waals surface area contributed by atoms with Crippen molar-refractivity contribution in [2.75, 3.05) is 68.8 Å². The van der Waals surface area contributed by atoms with Gasteiger partial charge in [-0.15, -0.1) is 0 Å². The van der Waals surface area contributed by atoms with E-state index >= 15 is 0 Å². The Morgan fingerprint density at radius 3 is 1.14 bits per heavy atom. The fourth-order valence-electron chi connectivity index (χ4n) is 5.48. The molecule has 10 heteroatoms. The lowest BCUT2D eigenvalue weighted by atomic mass is 10.1. The van der Waals surface area contributed by atoms with Crippen molar-refractivity contribution in [1.82, 2.24) is 19.8 Å². The lowest BCUT2D eigenvalue weighted by molar-refractivity contribution is 0.120. The summed E-state index contributed by atoms with van der Waals surface area (Å²) in [5.74, 6) is 3.55. The van der Waals surface area contributed by atoms with Gasteiger partial charge < -0.3 is 28.4 Å². The average Bonchev–Trinajstić information content (AvgIpc) is 3.07. The second kappa shape index (κ2) is 14.3. The third-order valence-corrected chi connectivity index (χ3v) is 7.77. The zero-order valence-corrected chi connectivity index (χ0v) is 26.3. The lowest BCUT2D eigenvalue weighted by Crippen LogP contribution is -2.45. The molecule has 44 heavy (non-hydrogen) atoms. The molecule has 1 saturated heterocycles. The van der Waals surface area contributed by atoms with E-state index in [1.807, 2.05) is 48.5 Å². The minimum Gasteiger partial charge on any atom is -0.493 e. The van der Waals surface area contributed by atoms with Crippen LogP contribution in [0.25, 0.3) is 22.5 Å². The highest BCUT2D eigenvalue weighted by molar-refractivity contribution is 5.69. The number of piperazine rings is 1. The van der Waals surface area contributed by atoms with Crippen LogP contribution in [0, 0.1) is 0 Å². The molecule has 232 valence electrons. The van der Waals surface area contributed by atoms with Gasteiger partial charge in [-0.1, -0.05) is 12.1 Å². The Balaban J connectivity index is 1.22. The molecule has 1 aliphatic rings. The van der Waals surface area contributed by atoms with Crippen molar-refractivity contribution in [2.24, 2.45) is 0 Å². The summed E-state index contributed by atoms with van der Waals surface area (Å²) in [6, 6.07) is 20.0. The van der Waals surface area contributed by atoms with Gasteiger partial charge in [0, 0.05) is 50.4 Å². The molecule has 2 aromatic heterocycles. The van der Waals surface area contributed by atoms with Crippen LogP contribution in [-0.4, -0.2) is 88.6 Å². The molecule has 3 heterocycles. The summed E-state index contributed by atoms with van der Waals surface area (Å²) in [7, 11) is 9.68. The average molecular weight is 601 g/mol. The van der Waals surface area contributed by atoms with Crippen molar-refractivity contribution in [3.63, 3.8) is 0 Å². The standard InChI is InChI=1S/C34H40N4O6/c1-39-29-17-23(18-30(40-2)33(29)43-5)27-11-7-9-25(35-27)21-37-13-15-38(16-14-37)22-26-10-8-12-28(36-26)24-19-31(41-3)34(44-6)32(20-24)42-4/h7-12,17-20H,13-16,21-22H2,1-6H3. The van der Waals surface area contributed by atoms with Crippen molar-refractivity contribution < 1.29 is 28.4 Å². The normalized spacial score (nSPS) is 13.8. The molecule has 0 unspecified atom stereocenters. The van der Waals surface area contributed by atoms with Gasteiger partial charge in [0.25, 0.3) is 0 Å². The number of aromatic nitrogens is 2. The third-order valence-electron chi connectivity index (χ3n) is 7.77. The number of nitrogens with zero attached hydrogens (tertiary/aromatic N) is 4. The highest BCUT2D eigenvalue weighted by Crippen LogP contribution is 2.42. The summed E-state index contributed by atoms with van der Waals surface area (Å²) < 4.78 is 33.1. The van der Waals surface area contributed by atoms with E-state index in [-0.39, 0.29) is 0 Å². The molecule has 10 nitrogen and oxygen atoms in total. The van der Waals surface area contributed by atoms with E-state index in [1.165, 1.54) is 0 Å². The summed E-state index contributed by atoms with van der Waals surface area (Å²) >= 11 is 0. The van der Waals surface area contributed by atoms with Crippen LogP contribution in [0.4, 0.5) is 0 Å². The first kappa shape index (κ1) is 30.9. The van der Waals surface area contributed by atoms with E-state index in [2.05, 4.69) is 21.9 Å². The van der Waals surface area contributed by atoms with Gasteiger partial charge in [0.1, 0.15) is 0 Å². The number of hydrogen-bond acceptors (Lipinski definition) is 10. The van der Waals surface area contributed by atoms with E-state index in [4.69, 9.17) is 38.4 Å². The molecule has 4 aromatic rings. The predicted molar refractivity (Wildman–Crippen MR) is 169 cm³/mol. The van der Waals surface area contributed by atoms with Gasteiger partial charge in [-0.3, -0.25) is 19.8 Å². The number of ether oxygens (including phenoxy) is 6. The van der Waals surface area contributed by atoms with Gasteiger partial charge >= 0.3 is 0 Å². The number of pyridine rings is 2. The molecule has 2 aromatic carbocycles. The van der Waals surface area contributed by atoms with Gasteiger partial charge in [-0.25, -0.2) is 0 Å². The quantitative estimate of drug-likeness (QED) is 0.217. The number of rotatable bonds is 12. The predicted octanol–water partition coefficient (Wildman–Crippen LogP) is 5.18. The van der Waals surface area contributed by atoms with Crippen LogP contribution >= 0.6 is 0 Å². The van der Waals surface area contributed by atoms with Crippen LogP contribution in [-0.2, 0) is 13.1 Å². The van der Waals surface area contributed by atoms with Crippen molar-refractivity contribution in [1.29, 1.82) is 0 Å². The van der Waals surface area contributed by atoms with E-state index in [0.717, 1.165) is 73.2 Å². The summed E-state index contributed by atoms with van der Waals surface area (Å²) in [5.41, 5.74) is 5.57. The van der Waals surface area contributed by atoms with Crippen molar-refractivity contribution in [3.8, 4) is 57.0 Å². The highest BCUT2D eigenvalue weighted by Gasteiger charge is 2.20. The van der Waals surface area contributed by atoms with Gasteiger partial charge in [-0.05, 0) is 48.5 Å². The Labute approximate surface area is 259 Å². The van der Waals surface area contributed by atoms with Gasteiger partial charge in [0.15, 0.2) is 23.0 Å². The zero-order valence-electron chi connectivity index (χ0n) is 26.3. The fourth-order valence-corrected chi connectivity index (χ4v) is 5.48. The Morgan fingerprint density at radius 2 is 0.841 bits per heavy atom. The number of methoxy groups -OCH3 is 6. The smallest absolute Gasteiger partial charge is 0.203 e. The number of hydrogen-bond donors (Lipinski definition) is 0. The Kier molecular flexibility index (Phi) is 10.0. The first-order chi connectivity index (χ1) is 21.5. The van der Waals surface area contributed by atoms with Gasteiger partial charge in [0.05, 0.1) is 65.4 Å².